The van der Waals surface area contributed by atoms with Gasteiger partial charge in [0.05, 0.1) is 17.9 Å². The van der Waals surface area contributed by atoms with Crippen LogP contribution in [0.5, 0.6) is 0 Å². The lowest BCUT2D eigenvalue weighted by atomic mass is 9.84. The second-order valence-corrected chi connectivity index (χ2v) is 6.50. The van der Waals surface area contributed by atoms with Crippen LogP contribution in [0, 0.1) is 5.92 Å². The first-order valence-electron chi connectivity index (χ1n) is 7.86. The molecule has 2 saturated heterocycles. The molecule has 0 radical (unpaired) electrons. The van der Waals surface area contributed by atoms with E-state index >= 15 is 0 Å². The predicted octanol–water partition coefficient (Wildman–Crippen LogP) is 1.67. The Hall–Kier alpha value is -1.36. The number of anilines is 1. The van der Waals surface area contributed by atoms with Crippen molar-refractivity contribution in [3.63, 3.8) is 0 Å². The minimum absolute atomic E-state index is 0.241. The van der Waals surface area contributed by atoms with Crippen LogP contribution in [0.4, 0.5) is 5.69 Å². The van der Waals surface area contributed by atoms with Crippen LogP contribution < -0.4 is 4.90 Å². The van der Waals surface area contributed by atoms with E-state index in [0.717, 1.165) is 37.7 Å². The maximum absolute atomic E-state index is 11.7. The van der Waals surface area contributed by atoms with Gasteiger partial charge in [-0.15, -0.1) is 0 Å². The molecule has 1 saturated carbocycles. The zero-order chi connectivity index (χ0) is 13.5. The first-order valence-corrected chi connectivity index (χ1v) is 7.86. The molecular formula is C15H22N4O. The van der Waals surface area contributed by atoms with E-state index in [0.29, 0.717) is 12.5 Å². The Bertz CT molecular complexity index is 502. The number of likely N-dealkylation sites (tertiary alicyclic amines) is 1. The number of hydrogen-bond acceptors (Lipinski definition) is 3. The molecule has 0 bridgehead atoms. The maximum atomic E-state index is 11.7. The molecule has 1 aliphatic carbocycles. The number of rotatable bonds is 4. The molecule has 4 rings (SSSR count). The van der Waals surface area contributed by atoms with Crippen LogP contribution in [-0.2, 0) is 4.79 Å². The van der Waals surface area contributed by atoms with Crippen LogP contribution in [0.15, 0.2) is 12.4 Å². The van der Waals surface area contributed by atoms with E-state index in [4.69, 9.17) is 0 Å². The highest BCUT2D eigenvalue weighted by Gasteiger charge is 2.32. The number of carbonyl (C=O) groups excluding carboxylic acids is 1. The molecule has 5 heteroatoms. The van der Waals surface area contributed by atoms with E-state index in [1.165, 1.54) is 25.8 Å². The van der Waals surface area contributed by atoms with Crippen LogP contribution in [-0.4, -0.2) is 46.8 Å². The van der Waals surface area contributed by atoms with Crippen molar-refractivity contribution in [2.24, 2.45) is 5.92 Å². The second-order valence-electron chi connectivity index (χ2n) is 6.50. The third kappa shape index (κ3) is 2.14. The summed E-state index contributed by atoms with van der Waals surface area (Å²) in [6.07, 6.45) is 9.82. The largest absolute Gasteiger partial charge is 0.309 e. The predicted molar refractivity (Wildman–Crippen MR) is 76.6 cm³/mol. The topological polar surface area (TPSA) is 41.4 Å². The summed E-state index contributed by atoms with van der Waals surface area (Å²) < 4.78 is 2.05. The molecule has 2 aliphatic heterocycles. The fourth-order valence-corrected chi connectivity index (χ4v) is 3.49. The first kappa shape index (κ1) is 12.4. The molecule has 20 heavy (non-hydrogen) atoms. The van der Waals surface area contributed by atoms with Gasteiger partial charge >= 0.3 is 0 Å². The Morgan fingerprint density at radius 2 is 2.10 bits per heavy atom. The van der Waals surface area contributed by atoms with Crippen molar-refractivity contribution in [1.82, 2.24) is 14.7 Å². The quantitative estimate of drug-likeness (QED) is 0.838. The molecule has 0 N–H and O–H groups in total. The number of hydrogen-bond donors (Lipinski definition) is 0. The molecule has 0 spiro atoms. The van der Waals surface area contributed by atoms with Gasteiger partial charge in [0.15, 0.2) is 0 Å². The number of aromatic nitrogens is 2. The van der Waals surface area contributed by atoms with E-state index in [2.05, 4.69) is 20.9 Å². The third-order valence-corrected chi connectivity index (χ3v) is 5.03. The standard InChI is InChI=1S/C15H22N4O/c20-15-5-2-6-18(15)13-7-16-19(11-13)14-9-17(10-14)8-12-3-1-4-12/h7,11-12,14H,1-6,8-10H2. The summed E-state index contributed by atoms with van der Waals surface area (Å²) in [5, 5.41) is 4.46. The average Bonchev–Trinajstić information content (AvgIpc) is 2.93. The Labute approximate surface area is 119 Å². The molecule has 3 aliphatic rings. The van der Waals surface area contributed by atoms with Gasteiger partial charge < -0.3 is 4.90 Å². The summed E-state index contributed by atoms with van der Waals surface area (Å²) in [7, 11) is 0. The first-order chi connectivity index (χ1) is 9.79. The summed E-state index contributed by atoms with van der Waals surface area (Å²) in [5.41, 5.74) is 0.977. The summed E-state index contributed by atoms with van der Waals surface area (Å²) in [4.78, 5) is 16.1. The minimum atomic E-state index is 0.241. The van der Waals surface area contributed by atoms with Crippen LogP contribution >= 0.6 is 0 Å². The number of amides is 1. The second kappa shape index (κ2) is 4.88. The van der Waals surface area contributed by atoms with Crippen LogP contribution in [0.1, 0.15) is 38.1 Å². The van der Waals surface area contributed by atoms with Gasteiger partial charge in [0, 0.05) is 38.8 Å². The van der Waals surface area contributed by atoms with Gasteiger partial charge in [0.2, 0.25) is 5.91 Å². The van der Waals surface area contributed by atoms with E-state index in [1.807, 2.05) is 11.1 Å². The van der Waals surface area contributed by atoms with Gasteiger partial charge in [-0.1, -0.05) is 6.42 Å². The molecule has 1 aromatic heterocycles. The van der Waals surface area contributed by atoms with Crippen molar-refractivity contribution < 1.29 is 4.79 Å². The summed E-state index contributed by atoms with van der Waals surface area (Å²) in [6, 6.07) is 0.501. The highest BCUT2D eigenvalue weighted by Crippen LogP contribution is 2.31. The molecule has 0 atom stereocenters. The zero-order valence-corrected chi connectivity index (χ0v) is 11.9. The highest BCUT2D eigenvalue weighted by atomic mass is 16.2. The molecule has 3 heterocycles. The van der Waals surface area contributed by atoms with Crippen molar-refractivity contribution in [1.29, 1.82) is 0 Å². The normalized spacial score (nSPS) is 25.0. The van der Waals surface area contributed by atoms with Gasteiger partial charge in [-0.05, 0) is 25.2 Å². The van der Waals surface area contributed by atoms with Crippen molar-refractivity contribution in [2.75, 3.05) is 31.1 Å². The van der Waals surface area contributed by atoms with Gasteiger partial charge in [-0.25, -0.2) is 0 Å². The van der Waals surface area contributed by atoms with Gasteiger partial charge in [-0.2, -0.15) is 5.10 Å². The molecule has 0 unspecified atom stereocenters. The Morgan fingerprint density at radius 1 is 1.25 bits per heavy atom. The highest BCUT2D eigenvalue weighted by molar-refractivity contribution is 5.95. The van der Waals surface area contributed by atoms with Crippen LogP contribution in [0.2, 0.25) is 0 Å². The Kier molecular flexibility index (Phi) is 3.02. The smallest absolute Gasteiger partial charge is 0.227 e. The lowest BCUT2D eigenvalue weighted by Crippen LogP contribution is -2.50. The lowest BCUT2D eigenvalue weighted by molar-refractivity contribution is -0.117. The molecule has 1 amide bonds. The fourth-order valence-electron chi connectivity index (χ4n) is 3.49. The molecule has 0 aromatic carbocycles. The monoisotopic (exact) mass is 274 g/mol. The van der Waals surface area contributed by atoms with Crippen molar-refractivity contribution in [3.05, 3.63) is 12.4 Å². The minimum Gasteiger partial charge on any atom is -0.309 e. The van der Waals surface area contributed by atoms with E-state index in [9.17, 15) is 4.79 Å². The molecule has 5 nitrogen and oxygen atoms in total. The van der Waals surface area contributed by atoms with Crippen LogP contribution in [0.3, 0.4) is 0 Å². The van der Waals surface area contributed by atoms with E-state index in [1.54, 1.807) is 0 Å². The zero-order valence-electron chi connectivity index (χ0n) is 11.9. The van der Waals surface area contributed by atoms with Gasteiger partial charge in [-0.3, -0.25) is 14.4 Å². The molecule has 3 fully saturated rings. The summed E-state index contributed by atoms with van der Waals surface area (Å²) >= 11 is 0. The SMILES string of the molecule is O=C1CCCN1c1cnn(C2CN(CC3CCC3)C2)c1. The number of carbonyl (C=O) groups is 1. The van der Waals surface area contributed by atoms with Crippen molar-refractivity contribution in [2.45, 2.75) is 38.1 Å². The lowest BCUT2D eigenvalue weighted by Gasteiger charge is -2.42. The van der Waals surface area contributed by atoms with Crippen molar-refractivity contribution >= 4 is 11.6 Å². The van der Waals surface area contributed by atoms with E-state index in [-0.39, 0.29) is 5.91 Å². The van der Waals surface area contributed by atoms with Gasteiger partial charge in [0.25, 0.3) is 0 Å². The summed E-state index contributed by atoms with van der Waals surface area (Å²) in [5.74, 6) is 1.19. The van der Waals surface area contributed by atoms with Crippen LogP contribution in [0.25, 0.3) is 0 Å². The maximum Gasteiger partial charge on any atom is 0.227 e. The average molecular weight is 274 g/mol. The Balaban J connectivity index is 1.34. The fraction of sp³-hybridized carbons (Fsp3) is 0.733. The molecular weight excluding hydrogens is 252 g/mol. The van der Waals surface area contributed by atoms with Crippen molar-refractivity contribution in [3.8, 4) is 0 Å². The summed E-state index contributed by atoms with van der Waals surface area (Å²) in [6.45, 7) is 4.36. The molecule has 1 aromatic rings. The van der Waals surface area contributed by atoms with Gasteiger partial charge in [0.1, 0.15) is 0 Å². The van der Waals surface area contributed by atoms with E-state index < -0.39 is 0 Å². The third-order valence-electron chi connectivity index (χ3n) is 5.03. The molecule has 108 valence electrons. The number of nitrogens with zero attached hydrogens (tertiary/aromatic N) is 4. The Morgan fingerprint density at radius 3 is 2.75 bits per heavy atom.